The van der Waals surface area contributed by atoms with Crippen molar-refractivity contribution in [3.8, 4) is 0 Å². The number of anilines is 2. The third-order valence-electron chi connectivity index (χ3n) is 9.12. The van der Waals surface area contributed by atoms with Crippen molar-refractivity contribution in [2.75, 3.05) is 23.4 Å². The van der Waals surface area contributed by atoms with Gasteiger partial charge < -0.3 is 34.2 Å². The van der Waals surface area contributed by atoms with Gasteiger partial charge in [0.15, 0.2) is 5.60 Å². The maximum atomic E-state index is 16.2. The van der Waals surface area contributed by atoms with Gasteiger partial charge in [-0.1, -0.05) is 67.6 Å². The van der Waals surface area contributed by atoms with Gasteiger partial charge in [0.05, 0.1) is 31.4 Å². The molecule has 0 aromatic heterocycles. The number of carbonyl (C=O) groups excluding carboxylic acids is 3. The van der Waals surface area contributed by atoms with Crippen LogP contribution >= 0.6 is 0 Å². The number of aliphatic hydroxyl groups is 2. The van der Waals surface area contributed by atoms with E-state index in [-0.39, 0.29) is 37.9 Å². The average molecular weight is 648 g/mol. The van der Waals surface area contributed by atoms with Gasteiger partial charge in [0.1, 0.15) is 6.10 Å². The Morgan fingerprint density at radius 1 is 1.04 bits per heavy atom. The molecule has 1 saturated heterocycles. The van der Waals surface area contributed by atoms with E-state index in [9.17, 15) is 24.6 Å². The number of fused-ring (bicyclic) bond motifs is 2. The first-order valence-corrected chi connectivity index (χ1v) is 18.6. The molecule has 3 amide bonds. The van der Waals surface area contributed by atoms with Gasteiger partial charge in [-0.15, -0.1) is 0 Å². The molecular weight excluding hydrogens is 605 g/mol. The van der Waals surface area contributed by atoms with Crippen LogP contribution in [0.2, 0.25) is 18.6 Å². The van der Waals surface area contributed by atoms with Crippen LogP contribution in [0.3, 0.4) is 0 Å². The number of benzene rings is 3. The Balaban J connectivity index is 1.43. The number of rotatable bonds is 11. The Labute approximate surface area is 270 Å². The Kier molecular flexibility index (Phi) is 9.78. The Morgan fingerprint density at radius 3 is 2.33 bits per heavy atom. The number of para-hydroxylation sites is 1. The lowest BCUT2D eigenvalue weighted by Gasteiger charge is -2.31. The largest absolute Gasteiger partial charge is 0.395 e. The van der Waals surface area contributed by atoms with Gasteiger partial charge in [-0.25, -0.2) is 0 Å². The number of amides is 3. The zero-order valence-corrected chi connectivity index (χ0v) is 27.7. The van der Waals surface area contributed by atoms with Crippen LogP contribution in [-0.4, -0.2) is 66.6 Å². The normalized spacial score (nSPS) is 23.0. The molecule has 5 rings (SSSR count). The summed E-state index contributed by atoms with van der Waals surface area (Å²) >= 11 is 0. The van der Waals surface area contributed by atoms with Gasteiger partial charge in [0, 0.05) is 35.8 Å². The highest BCUT2D eigenvalue weighted by molar-refractivity contribution is 6.72. The van der Waals surface area contributed by atoms with E-state index in [1.165, 1.54) is 6.92 Å². The predicted octanol–water partition coefficient (Wildman–Crippen LogP) is 4.74. The monoisotopic (exact) mass is 647 g/mol. The number of ether oxygens (including phenoxy) is 1. The lowest BCUT2D eigenvalue weighted by atomic mass is 9.82. The summed E-state index contributed by atoms with van der Waals surface area (Å²) in [4.78, 5) is 43.4. The number of hydrogen-bond acceptors (Lipinski definition) is 6. The summed E-state index contributed by atoms with van der Waals surface area (Å²) in [7, 11) is -3.48. The van der Waals surface area contributed by atoms with Crippen LogP contribution < -0.4 is 10.2 Å². The van der Waals surface area contributed by atoms with Crippen LogP contribution in [0.4, 0.5) is 15.5 Å². The van der Waals surface area contributed by atoms with Crippen molar-refractivity contribution < 1.29 is 33.4 Å². The Bertz CT molecular complexity index is 1560. The van der Waals surface area contributed by atoms with Gasteiger partial charge in [0.2, 0.25) is 14.3 Å². The topological polar surface area (TPSA) is 119 Å². The van der Waals surface area contributed by atoms with Gasteiger partial charge >= 0.3 is 0 Å². The van der Waals surface area contributed by atoms with Crippen LogP contribution in [0.15, 0.2) is 78.9 Å². The minimum atomic E-state index is -3.48. The summed E-state index contributed by atoms with van der Waals surface area (Å²) in [6, 6.07) is 23.8. The van der Waals surface area contributed by atoms with E-state index in [0.29, 0.717) is 23.5 Å². The molecule has 1 spiro atoms. The summed E-state index contributed by atoms with van der Waals surface area (Å²) in [5, 5.41) is 21.9. The number of aliphatic hydroxyl groups excluding tert-OH is 2. The molecular formula is C35H42FN3O6Si. The zero-order chi connectivity index (χ0) is 33.2. The van der Waals surface area contributed by atoms with Crippen LogP contribution in [0.1, 0.15) is 37.0 Å². The molecule has 3 N–H and O–H groups in total. The third-order valence-corrected chi connectivity index (χ3v) is 11.6. The second kappa shape index (κ2) is 13.4. The second-order valence-electron chi connectivity index (χ2n) is 12.8. The number of nitrogens with zero attached hydrogens (tertiary/aromatic N) is 2. The van der Waals surface area contributed by atoms with Crippen molar-refractivity contribution in [2.24, 2.45) is 5.92 Å². The molecule has 0 unspecified atom stereocenters. The smallest absolute Gasteiger partial charge is 0.264 e. The molecule has 3 aromatic rings. The number of halogens is 1. The Hall–Kier alpha value is -3.90. The molecule has 0 radical (unpaired) electrons. The minimum absolute atomic E-state index is 0.112. The summed E-state index contributed by atoms with van der Waals surface area (Å²) < 4.78 is 23.0. The Morgan fingerprint density at radius 2 is 1.70 bits per heavy atom. The van der Waals surface area contributed by atoms with Gasteiger partial charge in [-0.05, 0) is 49.3 Å². The average Bonchev–Trinajstić information content (AvgIpc) is 3.44. The fourth-order valence-electron chi connectivity index (χ4n) is 7.00. The molecule has 2 heterocycles. The van der Waals surface area contributed by atoms with Crippen LogP contribution in [0.5, 0.6) is 0 Å². The third kappa shape index (κ3) is 6.50. The zero-order valence-electron chi connectivity index (χ0n) is 26.7. The van der Waals surface area contributed by atoms with Crippen LogP contribution in [0, 0.1) is 5.92 Å². The van der Waals surface area contributed by atoms with Crippen molar-refractivity contribution in [3.05, 3.63) is 95.6 Å². The standard InChI is InChI=1S/C35H42FN3O6Si/c1-23-32(46(3,4)36)30(20-31(42)38(18-19-40)21-25-10-6-5-7-11-25)45-35(23)28-12-8-9-13-29(28)39(34(35)44)22-26-14-16-27(17-15-26)37-33(43)24(2)41/h5-17,23-24,30,32,40-41H,18-22H2,1-4H3,(H,37,43)/t23-,24+,30+,32-,35+/m1/s1. The molecule has 1 fully saturated rings. The summed E-state index contributed by atoms with van der Waals surface area (Å²) in [6.45, 7) is 6.86. The maximum Gasteiger partial charge on any atom is 0.264 e. The molecule has 5 atom stereocenters. The van der Waals surface area contributed by atoms with Gasteiger partial charge in [-0.2, -0.15) is 0 Å². The van der Waals surface area contributed by atoms with E-state index in [0.717, 1.165) is 11.1 Å². The molecule has 46 heavy (non-hydrogen) atoms. The molecule has 11 heteroatoms. The first kappa shape index (κ1) is 33.5. The van der Waals surface area contributed by atoms with E-state index in [1.807, 2.05) is 61.5 Å². The van der Waals surface area contributed by atoms with Crippen molar-refractivity contribution in [1.82, 2.24) is 4.90 Å². The second-order valence-corrected chi connectivity index (χ2v) is 16.6. The predicted molar refractivity (Wildman–Crippen MR) is 176 cm³/mol. The summed E-state index contributed by atoms with van der Waals surface area (Å²) in [5.74, 6) is -1.64. The number of carbonyl (C=O) groups is 3. The fraction of sp³-hybridized carbons (Fsp3) is 0.400. The quantitative estimate of drug-likeness (QED) is 0.204. The highest BCUT2D eigenvalue weighted by atomic mass is 28.4. The lowest BCUT2D eigenvalue weighted by molar-refractivity contribution is -0.150. The molecule has 0 aliphatic carbocycles. The number of hydrogen-bond donors (Lipinski definition) is 3. The van der Waals surface area contributed by atoms with E-state index in [1.54, 1.807) is 47.2 Å². The summed E-state index contributed by atoms with van der Waals surface area (Å²) in [5.41, 5.74) is 1.44. The van der Waals surface area contributed by atoms with Crippen LogP contribution in [0.25, 0.3) is 0 Å². The minimum Gasteiger partial charge on any atom is -0.395 e. The number of nitrogens with one attached hydrogen (secondary N) is 1. The summed E-state index contributed by atoms with van der Waals surface area (Å²) in [6.07, 6.45) is -2.09. The van der Waals surface area contributed by atoms with Crippen molar-refractivity contribution in [3.63, 3.8) is 0 Å². The molecule has 244 valence electrons. The van der Waals surface area contributed by atoms with E-state index in [2.05, 4.69) is 5.32 Å². The first-order chi connectivity index (χ1) is 21.9. The molecule has 9 nitrogen and oxygen atoms in total. The fourth-order valence-corrected chi connectivity index (χ4v) is 9.49. The maximum absolute atomic E-state index is 16.2. The van der Waals surface area contributed by atoms with E-state index < -0.39 is 43.6 Å². The SMILES string of the molecule is C[C@H](O)C(=O)Nc1ccc(CN2C(=O)[C@@]3(O[C@@H](CC(=O)N(CCO)Cc4ccccc4)[C@H]([Si](C)(C)F)[C@H]3C)c3ccccc32)cc1. The van der Waals surface area contributed by atoms with Crippen molar-refractivity contribution in [2.45, 2.75) is 69.8 Å². The van der Waals surface area contributed by atoms with Crippen LogP contribution in [-0.2, 0) is 37.8 Å². The van der Waals surface area contributed by atoms with E-state index >= 15 is 4.11 Å². The molecule has 3 aromatic carbocycles. The first-order valence-electron chi connectivity index (χ1n) is 15.7. The van der Waals surface area contributed by atoms with Gasteiger partial charge in [0.25, 0.3) is 11.8 Å². The lowest BCUT2D eigenvalue weighted by Crippen LogP contribution is -2.45. The van der Waals surface area contributed by atoms with Crippen molar-refractivity contribution in [1.29, 1.82) is 0 Å². The molecule has 2 aliphatic rings. The van der Waals surface area contributed by atoms with Gasteiger partial charge in [-0.3, -0.25) is 14.4 Å². The highest BCUT2D eigenvalue weighted by Crippen LogP contribution is 2.60. The molecule has 0 saturated carbocycles. The highest BCUT2D eigenvalue weighted by Gasteiger charge is 2.66. The van der Waals surface area contributed by atoms with Crippen molar-refractivity contribution >= 4 is 37.5 Å². The van der Waals surface area contributed by atoms with E-state index in [4.69, 9.17) is 4.74 Å². The molecule has 2 aliphatic heterocycles. The molecule has 0 bridgehead atoms.